The molecule has 0 aliphatic carbocycles. The van der Waals surface area contributed by atoms with Crippen LogP contribution >= 0.6 is 0 Å². The molecule has 1 aromatic carbocycles. The maximum Gasteiger partial charge on any atom is 0.193 e. The molecule has 23 heavy (non-hydrogen) atoms. The molecule has 5 heteroatoms. The van der Waals surface area contributed by atoms with E-state index in [0.717, 1.165) is 38.7 Å². The topological polar surface area (TPSA) is 40.1 Å². The maximum absolute atomic E-state index is 5.47. The van der Waals surface area contributed by atoms with Crippen LogP contribution in [-0.2, 0) is 11.3 Å². The van der Waals surface area contributed by atoms with E-state index in [1.807, 2.05) is 0 Å². The van der Waals surface area contributed by atoms with Crippen molar-refractivity contribution in [2.75, 3.05) is 52.3 Å². The highest BCUT2D eigenvalue weighted by atomic mass is 16.5. The largest absolute Gasteiger partial charge is 0.381 e. The van der Waals surface area contributed by atoms with Crippen LogP contribution in [0.4, 0.5) is 5.69 Å². The lowest BCUT2D eigenvalue weighted by Crippen LogP contribution is -2.41. The van der Waals surface area contributed by atoms with Gasteiger partial charge in [-0.25, -0.2) is 4.99 Å². The number of hydrogen-bond acceptors (Lipinski definition) is 3. The molecular formula is C18H30N4O. The van der Waals surface area contributed by atoms with Gasteiger partial charge >= 0.3 is 0 Å². The number of benzene rings is 1. The Morgan fingerprint density at radius 1 is 1.35 bits per heavy atom. The molecule has 1 aliphatic heterocycles. The molecule has 1 N–H and O–H groups in total. The molecule has 1 fully saturated rings. The predicted molar refractivity (Wildman–Crippen MR) is 97.1 cm³/mol. The average Bonchev–Trinajstić information content (AvgIpc) is 3.04. The second kappa shape index (κ2) is 8.77. The number of rotatable bonds is 6. The van der Waals surface area contributed by atoms with E-state index < -0.39 is 0 Å². The van der Waals surface area contributed by atoms with Gasteiger partial charge in [0.2, 0.25) is 0 Å². The van der Waals surface area contributed by atoms with Crippen LogP contribution in [0.2, 0.25) is 0 Å². The highest BCUT2D eigenvalue weighted by Gasteiger charge is 2.19. The number of guanidine groups is 1. The van der Waals surface area contributed by atoms with Gasteiger partial charge in [-0.3, -0.25) is 0 Å². The van der Waals surface area contributed by atoms with Gasteiger partial charge in [-0.05, 0) is 31.0 Å². The second-order valence-electron chi connectivity index (χ2n) is 6.34. The van der Waals surface area contributed by atoms with Crippen molar-refractivity contribution in [1.82, 2.24) is 10.2 Å². The first-order valence-corrected chi connectivity index (χ1v) is 8.43. The fourth-order valence-electron chi connectivity index (χ4n) is 2.77. The molecule has 0 spiro atoms. The van der Waals surface area contributed by atoms with Gasteiger partial charge in [0.15, 0.2) is 5.96 Å². The van der Waals surface area contributed by atoms with E-state index in [0.29, 0.717) is 12.5 Å². The highest BCUT2D eigenvalue weighted by Crippen LogP contribution is 2.15. The zero-order valence-electron chi connectivity index (χ0n) is 14.9. The summed E-state index contributed by atoms with van der Waals surface area (Å²) in [6.07, 6.45) is 1.15. The van der Waals surface area contributed by atoms with Crippen molar-refractivity contribution in [3.63, 3.8) is 0 Å². The van der Waals surface area contributed by atoms with Crippen molar-refractivity contribution >= 4 is 11.6 Å². The SMILES string of the molecule is CCNC(=NCc1cccc(N(C)C)c1)N(C)CC1CCOC1. The standard InChI is InChI=1S/C18H30N4O/c1-5-19-18(22(4)13-16-9-10-23-14-16)20-12-15-7-6-8-17(11-15)21(2)3/h6-8,11,16H,5,9-10,12-14H2,1-4H3,(H,19,20). The molecule has 1 heterocycles. The van der Waals surface area contributed by atoms with Crippen molar-refractivity contribution < 1.29 is 4.74 Å². The zero-order chi connectivity index (χ0) is 16.7. The van der Waals surface area contributed by atoms with E-state index in [4.69, 9.17) is 9.73 Å². The molecule has 1 aliphatic rings. The summed E-state index contributed by atoms with van der Waals surface area (Å²) < 4.78 is 5.47. The third kappa shape index (κ3) is 5.43. The van der Waals surface area contributed by atoms with Crippen LogP contribution in [0, 0.1) is 5.92 Å². The molecule has 0 radical (unpaired) electrons. The Balaban J connectivity index is 2.01. The van der Waals surface area contributed by atoms with Crippen molar-refractivity contribution in [3.8, 4) is 0 Å². The predicted octanol–water partition coefficient (Wildman–Crippen LogP) is 2.19. The number of hydrogen-bond donors (Lipinski definition) is 1. The van der Waals surface area contributed by atoms with Crippen LogP contribution in [0.5, 0.6) is 0 Å². The van der Waals surface area contributed by atoms with E-state index in [2.05, 4.69) is 67.4 Å². The van der Waals surface area contributed by atoms with E-state index in [-0.39, 0.29) is 0 Å². The van der Waals surface area contributed by atoms with Gasteiger partial charge in [-0.15, -0.1) is 0 Å². The summed E-state index contributed by atoms with van der Waals surface area (Å²) in [6, 6.07) is 8.53. The summed E-state index contributed by atoms with van der Waals surface area (Å²) in [5.74, 6) is 1.58. The van der Waals surface area contributed by atoms with Gasteiger partial charge in [0.25, 0.3) is 0 Å². The third-order valence-electron chi connectivity index (χ3n) is 4.09. The van der Waals surface area contributed by atoms with Crippen molar-refractivity contribution in [2.24, 2.45) is 10.9 Å². The molecule has 0 aromatic heterocycles. The Labute approximate surface area is 140 Å². The van der Waals surface area contributed by atoms with Gasteiger partial charge in [-0.1, -0.05) is 12.1 Å². The quantitative estimate of drug-likeness (QED) is 0.645. The van der Waals surface area contributed by atoms with Crippen LogP contribution in [0.25, 0.3) is 0 Å². The minimum atomic E-state index is 0.612. The number of aliphatic imine (C=N–C) groups is 1. The summed E-state index contributed by atoms with van der Waals surface area (Å²) in [5, 5.41) is 3.39. The summed E-state index contributed by atoms with van der Waals surface area (Å²) in [7, 11) is 6.23. The normalized spacial score (nSPS) is 18.1. The van der Waals surface area contributed by atoms with Crippen LogP contribution in [-0.4, -0.2) is 58.3 Å². The van der Waals surface area contributed by atoms with Gasteiger partial charge in [-0.2, -0.15) is 0 Å². The van der Waals surface area contributed by atoms with Gasteiger partial charge < -0.3 is 19.9 Å². The van der Waals surface area contributed by atoms with Crippen LogP contribution in [0.3, 0.4) is 0 Å². The van der Waals surface area contributed by atoms with Gasteiger partial charge in [0, 0.05) is 52.4 Å². The molecule has 0 amide bonds. The molecule has 0 bridgehead atoms. The first-order valence-electron chi connectivity index (χ1n) is 8.43. The molecule has 5 nitrogen and oxygen atoms in total. The average molecular weight is 318 g/mol. The number of anilines is 1. The molecule has 128 valence electrons. The lowest BCUT2D eigenvalue weighted by Gasteiger charge is -2.24. The molecule has 2 rings (SSSR count). The molecule has 1 atom stereocenters. The minimum absolute atomic E-state index is 0.612. The number of nitrogens with one attached hydrogen (secondary N) is 1. The first kappa shape index (κ1) is 17.6. The van der Waals surface area contributed by atoms with E-state index >= 15 is 0 Å². The molecule has 1 unspecified atom stereocenters. The molecular weight excluding hydrogens is 288 g/mol. The number of nitrogens with zero attached hydrogens (tertiary/aromatic N) is 3. The fourth-order valence-corrected chi connectivity index (χ4v) is 2.77. The van der Waals surface area contributed by atoms with Crippen LogP contribution < -0.4 is 10.2 Å². The lowest BCUT2D eigenvalue weighted by molar-refractivity contribution is 0.181. The Bertz CT molecular complexity index is 509. The smallest absolute Gasteiger partial charge is 0.193 e. The van der Waals surface area contributed by atoms with Crippen molar-refractivity contribution in [1.29, 1.82) is 0 Å². The van der Waals surface area contributed by atoms with E-state index in [1.54, 1.807) is 0 Å². The summed E-state index contributed by atoms with van der Waals surface area (Å²) >= 11 is 0. The molecule has 1 aromatic rings. The zero-order valence-corrected chi connectivity index (χ0v) is 14.9. The van der Waals surface area contributed by atoms with Crippen LogP contribution in [0.15, 0.2) is 29.3 Å². The fraction of sp³-hybridized carbons (Fsp3) is 0.611. The van der Waals surface area contributed by atoms with Crippen LogP contribution in [0.1, 0.15) is 18.9 Å². The summed E-state index contributed by atoms with van der Waals surface area (Å²) in [4.78, 5) is 9.13. The Kier molecular flexibility index (Phi) is 6.71. The maximum atomic E-state index is 5.47. The van der Waals surface area contributed by atoms with E-state index in [1.165, 1.54) is 11.3 Å². The summed E-state index contributed by atoms with van der Waals surface area (Å²) in [6.45, 7) is 6.42. The third-order valence-corrected chi connectivity index (χ3v) is 4.09. The van der Waals surface area contributed by atoms with Gasteiger partial charge in [0.1, 0.15) is 0 Å². The van der Waals surface area contributed by atoms with Crippen molar-refractivity contribution in [3.05, 3.63) is 29.8 Å². The second-order valence-corrected chi connectivity index (χ2v) is 6.34. The number of ether oxygens (including phenoxy) is 1. The Morgan fingerprint density at radius 2 is 2.17 bits per heavy atom. The monoisotopic (exact) mass is 318 g/mol. The van der Waals surface area contributed by atoms with Crippen molar-refractivity contribution in [2.45, 2.75) is 19.9 Å². The first-order chi connectivity index (χ1) is 11.1. The summed E-state index contributed by atoms with van der Waals surface area (Å²) in [5.41, 5.74) is 2.43. The van der Waals surface area contributed by atoms with E-state index in [9.17, 15) is 0 Å². The Hall–Kier alpha value is -1.75. The Morgan fingerprint density at radius 3 is 2.83 bits per heavy atom. The highest BCUT2D eigenvalue weighted by molar-refractivity contribution is 5.79. The minimum Gasteiger partial charge on any atom is -0.381 e. The molecule has 0 saturated carbocycles. The van der Waals surface area contributed by atoms with Gasteiger partial charge in [0.05, 0.1) is 13.2 Å². The molecule has 1 saturated heterocycles. The lowest BCUT2D eigenvalue weighted by atomic mass is 10.1.